The molecule has 0 aliphatic rings. The predicted molar refractivity (Wildman–Crippen MR) is 86.3 cm³/mol. The first kappa shape index (κ1) is 16.8. The van der Waals surface area contributed by atoms with Gasteiger partial charge in [-0.05, 0) is 42.0 Å². The summed E-state index contributed by atoms with van der Waals surface area (Å²) in [7, 11) is 0. The van der Waals surface area contributed by atoms with Gasteiger partial charge in [0.15, 0.2) is 0 Å². The average Bonchev–Trinajstić information content (AvgIpc) is 2.32. The summed E-state index contributed by atoms with van der Waals surface area (Å²) in [6.45, 7) is 9.91. The highest BCUT2D eigenvalue weighted by molar-refractivity contribution is 6.33. The van der Waals surface area contributed by atoms with E-state index in [2.05, 4.69) is 33.0 Å². The van der Waals surface area contributed by atoms with E-state index in [1.807, 2.05) is 18.2 Å². The highest BCUT2D eigenvalue weighted by Gasteiger charge is 2.25. The van der Waals surface area contributed by atoms with Crippen LogP contribution >= 0.6 is 23.2 Å². The summed E-state index contributed by atoms with van der Waals surface area (Å²) in [5.41, 5.74) is 1.36. The summed E-state index contributed by atoms with van der Waals surface area (Å²) < 4.78 is 0. The summed E-state index contributed by atoms with van der Waals surface area (Å²) in [6, 6.07) is 6.23. The highest BCUT2D eigenvalue weighted by atomic mass is 35.5. The van der Waals surface area contributed by atoms with Crippen molar-refractivity contribution in [2.45, 2.75) is 53.0 Å². The second-order valence-corrected chi connectivity index (χ2v) is 6.85. The molecule has 0 amide bonds. The van der Waals surface area contributed by atoms with Gasteiger partial charge in [-0.2, -0.15) is 0 Å². The molecule has 1 N–H and O–H groups in total. The monoisotopic (exact) mass is 301 g/mol. The lowest BCUT2D eigenvalue weighted by molar-refractivity contribution is 0.267. The summed E-state index contributed by atoms with van der Waals surface area (Å²) in [6.07, 6.45) is 3.31. The largest absolute Gasteiger partial charge is 0.314 e. The molecule has 1 aromatic rings. The van der Waals surface area contributed by atoms with E-state index >= 15 is 0 Å². The molecule has 0 radical (unpaired) electrons. The molecule has 1 unspecified atom stereocenters. The molecule has 3 heteroatoms. The summed E-state index contributed by atoms with van der Waals surface area (Å²) in [4.78, 5) is 0. The van der Waals surface area contributed by atoms with E-state index in [0.29, 0.717) is 6.04 Å². The van der Waals surface area contributed by atoms with Gasteiger partial charge < -0.3 is 5.32 Å². The third-order valence-corrected chi connectivity index (χ3v) is 4.02. The van der Waals surface area contributed by atoms with Crippen LogP contribution in [-0.2, 0) is 6.42 Å². The van der Waals surface area contributed by atoms with Gasteiger partial charge in [0.25, 0.3) is 0 Å². The summed E-state index contributed by atoms with van der Waals surface area (Å²) in [5, 5.41) is 5.12. The average molecular weight is 302 g/mol. The van der Waals surface area contributed by atoms with Crippen molar-refractivity contribution in [1.82, 2.24) is 5.32 Å². The molecule has 1 nitrogen and oxygen atoms in total. The van der Waals surface area contributed by atoms with E-state index in [0.717, 1.165) is 28.6 Å². The summed E-state index contributed by atoms with van der Waals surface area (Å²) >= 11 is 12.4. The van der Waals surface area contributed by atoms with Crippen LogP contribution in [0.3, 0.4) is 0 Å². The zero-order valence-electron chi connectivity index (χ0n) is 12.4. The Morgan fingerprint density at radius 3 is 2.53 bits per heavy atom. The van der Waals surface area contributed by atoms with Gasteiger partial charge in [0.2, 0.25) is 0 Å². The minimum Gasteiger partial charge on any atom is -0.314 e. The zero-order valence-corrected chi connectivity index (χ0v) is 13.9. The maximum Gasteiger partial charge on any atom is 0.0439 e. The topological polar surface area (TPSA) is 12.0 Å². The molecule has 0 spiro atoms. The number of hydrogen-bond acceptors (Lipinski definition) is 1. The fourth-order valence-electron chi connectivity index (χ4n) is 2.43. The molecule has 0 aliphatic heterocycles. The van der Waals surface area contributed by atoms with Crippen molar-refractivity contribution in [1.29, 1.82) is 0 Å². The molecule has 0 saturated carbocycles. The minimum atomic E-state index is 0.216. The Morgan fingerprint density at radius 2 is 1.95 bits per heavy atom. The lowest BCUT2D eigenvalue weighted by Gasteiger charge is -2.31. The van der Waals surface area contributed by atoms with Crippen LogP contribution < -0.4 is 5.32 Å². The molecule has 0 heterocycles. The third-order valence-electron chi connectivity index (χ3n) is 3.42. The van der Waals surface area contributed by atoms with Crippen molar-refractivity contribution >= 4 is 23.2 Å². The fourth-order valence-corrected chi connectivity index (χ4v) is 2.81. The highest BCUT2D eigenvalue weighted by Crippen LogP contribution is 2.32. The molecule has 108 valence electrons. The quantitative estimate of drug-likeness (QED) is 0.717. The van der Waals surface area contributed by atoms with Crippen LogP contribution in [0.4, 0.5) is 0 Å². The molecule has 1 aromatic carbocycles. The van der Waals surface area contributed by atoms with E-state index in [-0.39, 0.29) is 5.41 Å². The first-order chi connectivity index (χ1) is 8.86. The lowest BCUT2D eigenvalue weighted by Crippen LogP contribution is -2.37. The van der Waals surface area contributed by atoms with E-state index < -0.39 is 0 Å². The van der Waals surface area contributed by atoms with Crippen molar-refractivity contribution in [2.75, 3.05) is 6.54 Å². The maximum atomic E-state index is 6.29. The molecule has 0 aliphatic carbocycles. The van der Waals surface area contributed by atoms with Gasteiger partial charge in [-0.1, -0.05) is 57.3 Å². The van der Waals surface area contributed by atoms with E-state index in [9.17, 15) is 0 Å². The van der Waals surface area contributed by atoms with Crippen LogP contribution in [0, 0.1) is 5.41 Å². The molecular formula is C16H25Cl2N. The molecule has 0 saturated heterocycles. The van der Waals surface area contributed by atoms with Gasteiger partial charge in [0, 0.05) is 22.6 Å². The van der Waals surface area contributed by atoms with Crippen LogP contribution in [0.2, 0.25) is 10.0 Å². The third kappa shape index (κ3) is 5.72. The van der Waals surface area contributed by atoms with Gasteiger partial charge in [0.1, 0.15) is 0 Å². The van der Waals surface area contributed by atoms with E-state index in [1.165, 1.54) is 12.8 Å². The Hall–Kier alpha value is -0.240. The van der Waals surface area contributed by atoms with Crippen molar-refractivity contribution in [3.05, 3.63) is 33.8 Å². The number of hydrogen-bond donors (Lipinski definition) is 1. The molecule has 0 aromatic heterocycles. The van der Waals surface area contributed by atoms with Crippen LogP contribution in [0.5, 0.6) is 0 Å². The SMILES string of the molecule is CCCC(C)(CNC(C)C)Cc1cc(Cl)ccc1Cl. The Bertz CT molecular complexity index is 404. The second-order valence-electron chi connectivity index (χ2n) is 6.01. The Kier molecular flexibility index (Phi) is 6.65. The van der Waals surface area contributed by atoms with Crippen molar-refractivity contribution in [3.8, 4) is 0 Å². The van der Waals surface area contributed by atoms with Crippen molar-refractivity contribution < 1.29 is 0 Å². The second kappa shape index (κ2) is 7.52. The van der Waals surface area contributed by atoms with Gasteiger partial charge in [0.05, 0.1) is 0 Å². The number of nitrogens with one attached hydrogen (secondary N) is 1. The number of rotatable bonds is 7. The standard InChI is InChI=1S/C16H25Cl2N/c1-5-8-16(4,11-19-12(2)3)10-13-9-14(17)6-7-15(13)18/h6-7,9,12,19H,5,8,10-11H2,1-4H3. The molecular weight excluding hydrogens is 277 g/mol. The lowest BCUT2D eigenvalue weighted by atomic mass is 9.79. The number of halogens is 2. The maximum absolute atomic E-state index is 6.29. The van der Waals surface area contributed by atoms with Crippen molar-refractivity contribution in [3.63, 3.8) is 0 Å². The van der Waals surface area contributed by atoms with E-state index in [4.69, 9.17) is 23.2 Å². The van der Waals surface area contributed by atoms with Crippen LogP contribution in [0.25, 0.3) is 0 Å². The van der Waals surface area contributed by atoms with Gasteiger partial charge in [-0.25, -0.2) is 0 Å². The fraction of sp³-hybridized carbons (Fsp3) is 0.625. The minimum absolute atomic E-state index is 0.216. The molecule has 1 atom stereocenters. The van der Waals surface area contributed by atoms with Crippen molar-refractivity contribution in [2.24, 2.45) is 5.41 Å². The summed E-state index contributed by atoms with van der Waals surface area (Å²) in [5.74, 6) is 0. The normalized spacial score (nSPS) is 14.7. The van der Waals surface area contributed by atoms with Crippen LogP contribution in [0.15, 0.2) is 18.2 Å². The van der Waals surface area contributed by atoms with Gasteiger partial charge >= 0.3 is 0 Å². The first-order valence-corrected chi connectivity index (χ1v) is 7.79. The van der Waals surface area contributed by atoms with Gasteiger partial charge in [-0.15, -0.1) is 0 Å². The Labute approximate surface area is 127 Å². The number of benzene rings is 1. The van der Waals surface area contributed by atoms with Gasteiger partial charge in [-0.3, -0.25) is 0 Å². The first-order valence-electron chi connectivity index (χ1n) is 7.03. The molecule has 0 bridgehead atoms. The molecule has 0 fully saturated rings. The zero-order chi connectivity index (χ0) is 14.5. The van der Waals surface area contributed by atoms with Crippen LogP contribution in [-0.4, -0.2) is 12.6 Å². The Balaban J connectivity index is 2.84. The molecule has 19 heavy (non-hydrogen) atoms. The smallest absolute Gasteiger partial charge is 0.0439 e. The van der Waals surface area contributed by atoms with Crippen LogP contribution in [0.1, 0.15) is 46.1 Å². The predicted octanol–water partition coefficient (Wildman–Crippen LogP) is 5.34. The Morgan fingerprint density at radius 1 is 1.26 bits per heavy atom. The molecule has 1 rings (SSSR count). The van der Waals surface area contributed by atoms with E-state index in [1.54, 1.807) is 0 Å².